The van der Waals surface area contributed by atoms with Gasteiger partial charge in [-0.1, -0.05) is 12.8 Å². The zero-order chi connectivity index (χ0) is 18.7. The largest absolute Gasteiger partial charge is 0.468 e. The molecule has 0 saturated heterocycles. The van der Waals surface area contributed by atoms with Gasteiger partial charge in [0.15, 0.2) is 5.78 Å². The lowest BCUT2D eigenvalue weighted by Crippen LogP contribution is -2.41. The van der Waals surface area contributed by atoms with Crippen LogP contribution in [-0.4, -0.2) is 32.8 Å². The molecule has 2 aromatic rings. The van der Waals surface area contributed by atoms with E-state index in [1.807, 2.05) is 17.0 Å². The Morgan fingerprint density at radius 3 is 2.73 bits per heavy atom. The molecule has 8 heteroatoms. The summed E-state index contributed by atoms with van der Waals surface area (Å²) in [5, 5.41) is 0. The van der Waals surface area contributed by atoms with Crippen LogP contribution in [0, 0.1) is 0 Å². The number of nitrogens with zero attached hydrogens (tertiary/aromatic N) is 2. The highest BCUT2D eigenvalue weighted by molar-refractivity contribution is 6.01. The molecule has 0 unspecified atom stereocenters. The fourth-order valence-electron chi connectivity index (χ4n) is 3.62. The smallest absolute Gasteiger partial charge is 0.329 e. The van der Waals surface area contributed by atoms with Crippen molar-refractivity contribution < 1.29 is 9.21 Å². The first kappa shape index (κ1) is 18.2. The maximum Gasteiger partial charge on any atom is 0.329 e. The lowest BCUT2D eigenvalue weighted by atomic mass is 10.1. The van der Waals surface area contributed by atoms with Crippen molar-refractivity contribution in [3.05, 3.63) is 50.6 Å². The highest BCUT2D eigenvalue weighted by Crippen LogP contribution is 2.25. The number of ketones is 1. The summed E-state index contributed by atoms with van der Waals surface area (Å²) in [6.45, 7) is 2.56. The number of furan rings is 1. The Kier molecular flexibility index (Phi) is 5.41. The molecule has 8 nitrogen and oxygen atoms in total. The third kappa shape index (κ3) is 3.65. The summed E-state index contributed by atoms with van der Waals surface area (Å²) < 4.78 is 6.62. The number of nitrogens with one attached hydrogen (secondary N) is 1. The van der Waals surface area contributed by atoms with Gasteiger partial charge in [0.1, 0.15) is 17.1 Å². The summed E-state index contributed by atoms with van der Waals surface area (Å²) in [5.74, 6) is 0.310. The number of carbonyl (C=O) groups is 1. The summed E-state index contributed by atoms with van der Waals surface area (Å²) in [4.78, 5) is 41.1. The summed E-state index contributed by atoms with van der Waals surface area (Å²) in [6, 6.07) is 3.94. The number of aromatic nitrogens is 2. The second kappa shape index (κ2) is 7.74. The van der Waals surface area contributed by atoms with Gasteiger partial charge < -0.3 is 10.2 Å². The van der Waals surface area contributed by atoms with Crippen molar-refractivity contribution in [1.29, 1.82) is 0 Å². The van der Waals surface area contributed by atoms with E-state index in [9.17, 15) is 14.4 Å². The van der Waals surface area contributed by atoms with E-state index >= 15 is 0 Å². The second-order valence-corrected chi connectivity index (χ2v) is 6.61. The van der Waals surface area contributed by atoms with Crippen molar-refractivity contribution in [3.63, 3.8) is 0 Å². The lowest BCUT2D eigenvalue weighted by Gasteiger charge is -2.27. The average Bonchev–Trinajstić information content (AvgIpc) is 3.28. The van der Waals surface area contributed by atoms with E-state index < -0.39 is 11.2 Å². The number of rotatable bonds is 7. The van der Waals surface area contributed by atoms with E-state index in [0.717, 1.165) is 31.4 Å². The molecule has 3 rings (SSSR count). The minimum Gasteiger partial charge on any atom is -0.468 e. The maximum atomic E-state index is 12.9. The number of hydrogen-bond acceptors (Lipinski definition) is 6. The predicted octanol–water partition coefficient (Wildman–Crippen LogP) is 1.36. The molecule has 0 aliphatic heterocycles. The van der Waals surface area contributed by atoms with Crippen LogP contribution in [0.4, 0.5) is 5.82 Å². The molecule has 0 aromatic carbocycles. The van der Waals surface area contributed by atoms with Crippen molar-refractivity contribution in [2.45, 2.75) is 51.7 Å². The normalized spacial score (nSPS) is 15.0. The van der Waals surface area contributed by atoms with E-state index in [4.69, 9.17) is 10.2 Å². The third-order valence-electron chi connectivity index (χ3n) is 4.96. The molecule has 1 fully saturated rings. The number of nitrogens with two attached hydrogens (primary N) is 1. The van der Waals surface area contributed by atoms with Crippen LogP contribution in [-0.2, 0) is 13.1 Å². The van der Waals surface area contributed by atoms with Gasteiger partial charge in [-0.05, 0) is 31.9 Å². The minimum absolute atomic E-state index is 0.0561. The van der Waals surface area contributed by atoms with Crippen molar-refractivity contribution in [2.75, 3.05) is 12.3 Å². The van der Waals surface area contributed by atoms with Crippen LogP contribution in [0.25, 0.3) is 0 Å². The Hall–Kier alpha value is -2.61. The molecule has 1 aliphatic carbocycles. The Labute approximate surface area is 150 Å². The van der Waals surface area contributed by atoms with Crippen LogP contribution in [0.5, 0.6) is 0 Å². The maximum absolute atomic E-state index is 12.9. The van der Waals surface area contributed by atoms with Gasteiger partial charge in [-0.2, -0.15) is 0 Å². The predicted molar refractivity (Wildman–Crippen MR) is 97.1 cm³/mol. The van der Waals surface area contributed by atoms with Gasteiger partial charge in [0.2, 0.25) is 0 Å². The zero-order valence-electron chi connectivity index (χ0n) is 14.9. The monoisotopic (exact) mass is 360 g/mol. The van der Waals surface area contributed by atoms with E-state index in [-0.39, 0.29) is 36.3 Å². The number of H-pyrrole nitrogens is 1. The van der Waals surface area contributed by atoms with E-state index in [2.05, 4.69) is 4.98 Å². The first-order valence-corrected chi connectivity index (χ1v) is 8.93. The van der Waals surface area contributed by atoms with E-state index in [0.29, 0.717) is 6.54 Å². The molecule has 140 valence electrons. The molecule has 3 N–H and O–H groups in total. The van der Waals surface area contributed by atoms with E-state index in [1.54, 1.807) is 13.2 Å². The molecular weight excluding hydrogens is 336 g/mol. The molecular formula is C18H24N4O4. The summed E-state index contributed by atoms with van der Waals surface area (Å²) in [7, 11) is 0. The standard InChI is InChI=1S/C18H24N4O4/c1-2-22-16(19)15(17(24)20-18(22)25)14(23)11-21(12-6-3-4-7-12)10-13-8-5-9-26-13/h5,8-9,12H,2-4,6-7,10-11,19H2,1H3,(H,20,24,25). The molecule has 2 heterocycles. The van der Waals surface area contributed by atoms with Crippen molar-refractivity contribution in [1.82, 2.24) is 14.5 Å². The first-order valence-electron chi connectivity index (χ1n) is 8.93. The van der Waals surface area contributed by atoms with Crippen LogP contribution < -0.4 is 17.0 Å². The topological polar surface area (TPSA) is 114 Å². The molecule has 0 atom stereocenters. The van der Waals surface area contributed by atoms with Crippen LogP contribution in [0.3, 0.4) is 0 Å². The van der Waals surface area contributed by atoms with E-state index in [1.165, 1.54) is 4.57 Å². The fourth-order valence-corrected chi connectivity index (χ4v) is 3.62. The Morgan fingerprint density at radius 2 is 2.12 bits per heavy atom. The van der Waals surface area contributed by atoms with Crippen molar-refractivity contribution in [3.8, 4) is 0 Å². The number of nitrogen functional groups attached to an aromatic ring is 1. The van der Waals surface area contributed by atoms with Crippen LogP contribution >= 0.6 is 0 Å². The molecule has 0 bridgehead atoms. The highest BCUT2D eigenvalue weighted by Gasteiger charge is 2.28. The highest BCUT2D eigenvalue weighted by atomic mass is 16.3. The number of Topliss-reactive ketones (excluding diaryl/α,β-unsaturated/α-hetero) is 1. The number of hydrogen-bond donors (Lipinski definition) is 2. The zero-order valence-corrected chi connectivity index (χ0v) is 14.9. The van der Waals surface area contributed by atoms with Crippen molar-refractivity contribution in [2.24, 2.45) is 0 Å². The molecule has 2 aromatic heterocycles. The first-order chi connectivity index (χ1) is 12.5. The molecule has 26 heavy (non-hydrogen) atoms. The molecule has 0 spiro atoms. The van der Waals surface area contributed by atoms with Crippen LogP contribution in [0.1, 0.15) is 48.7 Å². The second-order valence-electron chi connectivity index (χ2n) is 6.61. The van der Waals surface area contributed by atoms with Gasteiger partial charge in [-0.3, -0.25) is 24.0 Å². The Morgan fingerprint density at radius 1 is 1.38 bits per heavy atom. The molecule has 0 radical (unpaired) electrons. The van der Waals surface area contributed by atoms with Crippen LogP contribution in [0.2, 0.25) is 0 Å². The van der Waals surface area contributed by atoms with Gasteiger partial charge in [-0.15, -0.1) is 0 Å². The summed E-state index contributed by atoms with van der Waals surface area (Å²) in [6.07, 6.45) is 5.86. The SMILES string of the molecule is CCn1c(N)c(C(=O)CN(Cc2ccco2)C2CCCC2)c(=O)[nH]c1=O. The van der Waals surface area contributed by atoms with Gasteiger partial charge >= 0.3 is 5.69 Å². The number of carbonyl (C=O) groups excluding carboxylic acids is 1. The average molecular weight is 360 g/mol. The quantitative estimate of drug-likeness (QED) is 0.721. The van der Waals surface area contributed by atoms with Crippen LogP contribution in [0.15, 0.2) is 32.4 Å². The third-order valence-corrected chi connectivity index (χ3v) is 4.96. The lowest BCUT2D eigenvalue weighted by molar-refractivity contribution is 0.0871. The van der Waals surface area contributed by atoms with Gasteiger partial charge in [0.25, 0.3) is 5.56 Å². The minimum atomic E-state index is -0.730. The molecule has 1 aliphatic rings. The Balaban J connectivity index is 1.88. The molecule has 0 amide bonds. The van der Waals surface area contributed by atoms with Gasteiger partial charge in [0.05, 0.1) is 19.4 Å². The number of aromatic amines is 1. The van der Waals surface area contributed by atoms with Gasteiger partial charge in [0, 0.05) is 12.6 Å². The summed E-state index contributed by atoms with van der Waals surface area (Å²) >= 11 is 0. The summed E-state index contributed by atoms with van der Waals surface area (Å²) in [5.41, 5.74) is 4.47. The molecule has 1 saturated carbocycles. The Bertz CT molecular complexity index is 876. The fraction of sp³-hybridized carbons (Fsp3) is 0.500. The number of anilines is 1. The van der Waals surface area contributed by atoms with Gasteiger partial charge in [-0.25, -0.2) is 4.79 Å². The van der Waals surface area contributed by atoms with Crippen molar-refractivity contribution >= 4 is 11.6 Å².